The molecule has 0 spiro atoms. The van der Waals surface area contributed by atoms with E-state index < -0.39 is 0 Å². The summed E-state index contributed by atoms with van der Waals surface area (Å²) >= 11 is 0. The van der Waals surface area contributed by atoms with Crippen molar-refractivity contribution >= 4 is 5.91 Å². The van der Waals surface area contributed by atoms with Gasteiger partial charge in [0.2, 0.25) is 5.91 Å². The number of piperazine rings is 1. The Kier molecular flexibility index (Phi) is 4.35. The SMILES string of the molecule is CCN1CCN(CC(C)NC)CC1=O. The summed E-state index contributed by atoms with van der Waals surface area (Å²) in [5, 5.41) is 3.19. The Morgan fingerprint density at radius 3 is 2.71 bits per heavy atom. The highest BCUT2D eigenvalue weighted by atomic mass is 16.2. The van der Waals surface area contributed by atoms with Crippen molar-refractivity contribution in [2.45, 2.75) is 19.9 Å². The minimum Gasteiger partial charge on any atom is -0.341 e. The molecule has 1 N–H and O–H groups in total. The van der Waals surface area contributed by atoms with Crippen LogP contribution in [0.15, 0.2) is 0 Å². The molecule has 0 aromatic rings. The lowest BCUT2D eigenvalue weighted by Gasteiger charge is -2.34. The molecule has 1 aliphatic heterocycles. The summed E-state index contributed by atoms with van der Waals surface area (Å²) in [6.07, 6.45) is 0. The highest BCUT2D eigenvalue weighted by Crippen LogP contribution is 2.03. The van der Waals surface area contributed by atoms with E-state index in [2.05, 4.69) is 17.1 Å². The molecule has 1 heterocycles. The van der Waals surface area contributed by atoms with Gasteiger partial charge in [-0.15, -0.1) is 0 Å². The minimum absolute atomic E-state index is 0.266. The lowest BCUT2D eigenvalue weighted by atomic mass is 10.2. The molecule has 0 saturated carbocycles. The quantitative estimate of drug-likeness (QED) is 0.678. The molecule has 1 atom stereocenters. The number of rotatable bonds is 4. The van der Waals surface area contributed by atoms with Crippen LogP contribution >= 0.6 is 0 Å². The molecule has 4 heteroatoms. The Labute approximate surface area is 86.2 Å². The van der Waals surface area contributed by atoms with Crippen molar-refractivity contribution in [3.63, 3.8) is 0 Å². The number of carbonyl (C=O) groups is 1. The first-order valence-corrected chi connectivity index (χ1v) is 5.34. The normalized spacial score (nSPS) is 21.4. The molecule has 82 valence electrons. The average Bonchev–Trinajstić information content (AvgIpc) is 2.18. The molecule has 1 unspecified atom stereocenters. The molecule has 1 aliphatic rings. The zero-order valence-electron chi connectivity index (χ0n) is 9.42. The van der Waals surface area contributed by atoms with Crippen molar-refractivity contribution in [2.75, 3.05) is 39.8 Å². The van der Waals surface area contributed by atoms with Crippen LogP contribution in [-0.2, 0) is 4.79 Å². The zero-order chi connectivity index (χ0) is 10.6. The third-order valence-corrected chi connectivity index (χ3v) is 2.80. The second-order valence-electron chi connectivity index (χ2n) is 3.90. The Morgan fingerprint density at radius 1 is 1.50 bits per heavy atom. The largest absolute Gasteiger partial charge is 0.341 e. The van der Waals surface area contributed by atoms with Crippen LogP contribution in [-0.4, -0.2) is 61.5 Å². The van der Waals surface area contributed by atoms with E-state index in [1.165, 1.54) is 0 Å². The predicted octanol–water partition coefficient (Wildman–Crippen LogP) is -0.242. The molecule has 1 rings (SSSR count). The number of hydrogen-bond donors (Lipinski definition) is 1. The molecule has 1 fully saturated rings. The summed E-state index contributed by atoms with van der Waals surface area (Å²) in [7, 11) is 1.95. The van der Waals surface area contributed by atoms with Gasteiger partial charge in [-0.3, -0.25) is 9.69 Å². The molecule has 0 aromatic carbocycles. The second-order valence-corrected chi connectivity index (χ2v) is 3.90. The Bertz CT molecular complexity index is 196. The lowest BCUT2D eigenvalue weighted by molar-refractivity contribution is -0.135. The van der Waals surface area contributed by atoms with Crippen molar-refractivity contribution in [1.29, 1.82) is 0 Å². The van der Waals surface area contributed by atoms with E-state index in [9.17, 15) is 4.79 Å². The molecule has 4 nitrogen and oxygen atoms in total. The topological polar surface area (TPSA) is 35.6 Å². The highest BCUT2D eigenvalue weighted by Gasteiger charge is 2.22. The maximum Gasteiger partial charge on any atom is 0.236 e. The Hall–Kier alpha value is -0.610. The van der Waals surface area contributed by atoms with E-state index >= 15 is 0 Å². The molecule has 0 aromatic heterocycles. The van der Waals surface area contributed by atoms with Crippen LogP contribution in [0.2, 0.25) is 0 Å². The Balaban J connectivity index is 2.35. The standard InChI is InChI=1S/C10H21N3O/c1-4-13-6-5-12(8-10(13)14)7-9(2)11-3/h9,11H,4-8H2,1-3H3. The lowest BCUT2D eigenvalue weighted by Crippen LogP contribution is -2.52. The smallest absolute Gasteiger partial charge is 0.236 e. The predicted molar refractivity (Wildman–Crippen MR) is 57.2 cm³/mol. The first kappa shape index (κ1) is 11.5. The van der Waals surface area contributed by atoms with Gasteiger partial charge >= 0.3 is 0 Å². The fourth-order valence-electron chi connectivity index (χ4n) is 1.73. The van der Waals surface area contributed by atoms with Crippen molar-refractivity contribution in [3.8, 4) is 0 Å². The Morgan fingerprint density at radius 2 is 2.21 bits per heavy atom. The fourth-order valence-corrected chi connectivity index (χ4v) is 1.73. The van der Waals surface area contributed by atoms with Crippen molar-refractivity contribution in [3.05, 3.63) is 0 Å². The van der Waals surface area contributed by atoms with Crippen LogP contribution in [0.25, 0.3) is 0 Å². The number of nitrogens with one attached hydrogen (secondary N) is 1. The summed E-state index contributed by atoms with van der Waals surface area (Å²) in [6, 6.07) is 0.455. The van der Waals surface area contributed by atoms with Crippen molar-refractivity contribution < 1.29 is 4.79 Å². The molecule has 0 bridgehead atoms. The van der Waals surface area contributed by atoms with Gasteiger partial charge in [-0.2, -0.15) is 0 Å². The molecule has 1 saturated heterocycles. The van der Waals surface area contributed by atoms with Crippen molar-refractivity contribution in [2.24, 2.45) is 0 Å². The number of hydrogen-bond acceptors (Lipinski definition) is 3. The van der Waals surface area contributed by atoms with E-state index in [1.54, 1.807) is 0 Å². The maximum absolute atomic E-state index is 11.6. The fraction of sp³-hybridized carbons (Fsp3) is 0.900. The van der Waals surface area contributed by atoms with Gasteiger partial charge in [0.1, 0.15) is 0 Å². The third kappa shape index (κ3) is 2.96. The zero-order valence-corrected chi connectivity index (χ0v) is 9.42. The first-order chi connectivity index (χ1) is 6.67. The maximum atomic E-state index is 11.6. The molecule has 0 radical (unpaired) electrons. The van der Waals surface area contributed by atoms with Gasteiger partial charge in [0.25, 0.3) is 0 Å². The summed E-state index contributed by atoms with van der Waals surface area (Å²) in [5.74, 6) is 0.266. The van der Waals surface area contributed by atoms with Gasteiger partial charge in [-0.05, 0) is 20.9 Å². The van der Waals surface area contributed by atoms with Gasteiger partial charge in [-0.25, -0.2) is 0 Å². The van der Waals surface area contributed by atoms with Gasteiger partial charge < -0.3 is 10.2 Å². The molecule has 14 heavy (non-hydrogen) atoms. The van der Waals surface area contributed by atoms with Gasteiger partial charge in [0.05, 0.1) is 6.54 Å². The monoisotopic (exact) mass is 199 g/mol. The number of nitrogens with zero attached hydrogens (tertiary/aromatic N) is 2. The summed E-state index contributed by atoms with van der Waals surface area (Å²) < 4.78 is 0. The molecule has 1 amide bonds. The first-order valence-electron chi connectivity index (χ1n) is 5.34. The van der Waals surface area contributed by atoms with Gasteiger partial charge in [0.15, 0.2) is 0 Å². The van der Waals surface area contributed by atoms with Gasteiger partial charge in [-0.1, -0.05) is 0 Å². The number of likely N-dealkylation sites (N-methyl/N-ethyl adjacent to an activating group) is 2. The minimum atomic E-state index is 0.266. The number of carbonyl (C=O) groups excluding carboxylic acids is 1. The second kappa shape index (κ2) is 5.32. The van der Waals surface area contributed by atoms with Gasteiger partial charge in [0, 0.05) is 32.2 Å². The van der Waals surface area contributed by atoms with E-state index in [0.29, 0.717) is 12.6 Å². The molecular formula is C10H21N3O. The summed E-state index contributed by atoms with van der Waals surface area (Å²) in [6.45, 7) is 8.44. The highest BCUT2D eigenvalue weighted by molar-refractivity contribution is 5.78. The molecule has 0 aliphatic carbocycles. The van der Waals surface area contributed by atoms with Crippen LogP contribution in [0.3, 0.4) is 0 Å². The summed E-state index contributed by atoms with van der Waals surface area (Å²) in [5.41, 5.74) is 0. The van der Waals surface area contributed by atoms with E-state index in [-0.39, 0.29) is 5.91 Å². The van der Waals surface area contributed by atoms with Crippen LogP contribution in [0.1, 0.15) is 13.8 Å². The van der Waals surface area contributed by atoms with Crippen molar-refractivity contribution in [1.82, 2.24) is 15.1 Å². The molecular weight excluding hydrogens is 178 g/mol. The van der Waals surface area contributed by atoms with Crippen LogP contribution < -0.4 is 5.32 Å². The van der Waals surface area contributed by atoms with E-state index in [4.69, 9.17) is 0 Å². The van der Waals surface area contributed by atoms with E-state index in [1.807, 2.05) is 18.9 Å². The average molecular weight is 199 g/mol. The number of amides is 1. The van der Waals surface area contributed by atoms with Crippen LogP contribution in [0.5, 0.6) is 0 Å². The summed E-state index contributed by atoms with van der Waals surface area (Å²) in [4.78, 5) is 15.7. The van der Waals surface area contributed by atoms with E-state index in [0.717, 1.165) is 26.2 Å². The van der Waals surface area contributed by atoms with Crippen LogP contribution in [0.4, 0.5) is 0 Å². The third-order valence-electron chi connectivity index (χ3n) is 2.80. The van der Waals surface area contributed by atoms with Crippen LogP contribution in [0, 0.1) is 0 Å².